The zero-order valence-electron chi connectivity index (χ0n) is 12.4. The van der Waals surface area contributed by atoms with Crippen LogP contribution in [0.3, 0.4) is 0 Å². The van der Waals surface area contributed by atoms with Crippen molar-refractivity contribution in [1.82, 2.24) is 5.06 Å². The third-order valence-corrected chi connectivity index (χ3v) is 4.48. The number of Topliss-reactive ketones (excluding diaryl/α,β-unsaturated/α-hetero) is 1. The Morgan fingerprint density at radius 3 is 2.32 bits per heavy atom. The summed E-state index contributed by atoms with van der Waals surface area (Å²) in [5.41, 5.74) is -0.303. The van der Waals surface area contributed by atoms with Gasteiger partial charge >= 0.3 is 5.97 Å². The molecule has 1 rings (SSSR count). The zero-order valence-corrected chi connectivity index (χ0v) is 15.6. The first-order valence-corrected chi connectivity index (χ1v) is 8.15. The number of ketones is 1. The third kappa shape index (κ3) is 4.66. The summed E-state index contributed by atoms with van der Waals surface area (Å²) in [6.07, 6.45) is 0.961. The normalized spacial score (nSPS) is 13.1. The van der Waals surface area contributed by atoms with Crippen LogP contribution in [0, 0.1) is 5.92 Å². The van der Waals surface area contributed by atoms with Crippen molar-refractivity contribution in [3.05, 3.63) is 44.5 Å². The van der Waals surface area contributed by atoms with E-state index in [0.717, 1.165) is 11.3 Å². The molecule has 0 saturated carbocycles. The Morgan fingerprint density at radius 2 is 1.82 bits per heavy atom. The molecule has 1 unspecified atom stereocenters. The van der Waals surface area contributed by atoms with E-state index < -0.39 is 17.3 Å². The van der Waals surface area contributed by atoms with Gasteiger partial charge in [0, 0.05) is 20.7 Å². The minimum atomic E-state index is -1.40. The molecule has 0 fully saturated rings. The highest BCUT2D eigenvalue weighted by Crippen LogP contribution is 2.24. The van der Waals surface area contributed by atoms with Crippen LogP contribution in [-0.4, -0.2) is 33.2 Å². The SMILES string of the molecule is CC(C)C(C)N(O)/C=C(\C(=O)O)C(=O)c1cc(Br)ccc1Br. The lowest BCUT2D eigenvalue weighted by molar-refractivity contribution is -0.133. The molecule has 7 heteroatoms. The first-order valence-electron chi connectivity index (χ1n) is 6.57. The number of carboxylic acids is 1. The summed E-state index contributed by atoms with van der Waals surface area (Å²) in [5, 5.41) is 20.0. The van der Waals surface area contributed by atoms with Gasteiger partial charge in [0.05, 0.1) is 6.04 Å². The maximum Gasteiger partial charge on any atom is 0.341 e. The van der Waals surface area contributed by atoms with Crippen LogP contribution in [0.5, 0.6) is 0 Å². The number of aliphatic carboxylic acids is 1. The smallest absolute Gasteiger partial charge is 0.341 e. The molecule has 2 N–H and O–H groups in total. The Kier molecular flexibility index (Phi) is 6.77. The van der Waals surface area contributed by atoms with Crippen molar-refractivity contribution in [2.75, 3.05) is 0 Å². The lowest BCUT2D eigenvalue weighted by Crippen LogP contribution is -2.31. The molecule has 0 bridgehead atoms. The monoisotopic (exact) mass is 433 g/mol. The van der Waals surface area contributed by atoms with E-state index in [0.29, 0.717) is 8.95 Å². The second-order valence-electron chi connectivity index (χ2n) is 5.17. The predicted octanol–water partition coefficient (Wildman–Crippen LogP) is 4.10. The van der Waals surface area contributed by atoms with Gasteiger partial charge in [-0.2, -0.15) is 0 Å². The molecule has 0 saturated heterocycles. The highest BCUT2D eigenvalue weighted by Gasteiger charge is 2.24. The average Bonchev–Trinajstić information content (AvgIpc) is 2.44. The molecule has 0 aliphatic heterocycles. The standard InChI is InChI=1S/C15H17Br2NO4/c1-8(2)9(3)18(22)7-12(15(20)21)14(19)11-6-10(16)4-5-13(11)17/h4-9,22H,1-3H3,(H,20,21)/b12-7-. The van der Waals surface area contributed by atoms with Crippen LogP contribution < -0.4 is 0 Å². The summed E-state index contributed by atoms with van der Waals surface area (Å²) < 4.78 is 1.13. The van der Waals surface area contributed by atoms with Crippen LogP contribution >= 0.6 is 31.9 Å². The fourth-order valence-corrected chi connectivity index (χ4v) is 2.37. The number of carbonyl (C=O) groups excluding carboxylic acids is 1. The van der Waals surface area contributed by atoms with Gasteiger partial charge in [0.1, 0.15) is 5.57 Å². The van der Waals surface area contributed by atoms with Gasteiger partial charge in [-0.15, -0.1) is 0 Å². The van der Waals surface area contributed by atoms with Gasteiger partial charge in [0.2, 0.25) is 5.78 Å². The predicted molar refractivity (Wildman–Crippen MR) is 89.8 cm³/mol. The van der Waals surface area contributed by atoms with Crippen molar-refractivity contribution < 1.29 is 19.9 Å². The van der Waals surface area contributed by atoms with Gasteiger partial charge in [-0.1, -0.05) is 45.7 Å². The summed E-state index contributed by atoms with van der Waals surface area (Å²) in [6, 6.07) is 4.57. The van der Waals surface area contributed by atoms with Crippen molar-refractivity contribution in [2.45, 2.75) is 26.8 Å². The molecule has 22 heavy (non-hydrogen) atoms. The molecule has 1 aromatic rings. The van der Waals surface area contributed by atoms with Gasteiger partial charge in [-0.05, 0) is 31.0 Å². The summed E-state index contributed by atoms with van der Waals surface area (Å²) in [6.45, 7) is 5.50. The van der Waals surface area contributed by atoms with Gasteiger partial charge < -0.3 is 5.11 Å². The first kappa shape index (κ1) is 18.9. The van der Waals surface area contributed by atoms with Gasteiger partial charge in [-0.3, -0.25) is 15.1 Å². The average molecular weight is 435 g/mol. The van der Waals surface area contributed by atoms with E-state index >= 15 is 0 Å². The minimum Gasteiger partial charge on any atom is -0.477 e. The van der Waals surface area contributed by atoms with E-state index in [9.17, 15) is 19.9 Å². The van der Waals surface area contributed by atoms with E-state index in [4.69, 9.17) is 0 Å². The van der Waals surface area contributed by atoms with Crippen molar-refractivity contribution in [1.29, 1.82) is 0 Å². The number of hydrogen-bond acceptors (Lipinski definition) is 4. The lowest BCUT2D eigenvalue weighted by Gasteiger charge is -2.24. The number of benzene rings is 1. The largest absolute Gasteiger partial charge is 0.477 e. The maximum atomic E-state index is 12.4. The molecule has 0 amide bonds. The summed E-state index contributed by atoms with van der Waals surface area (Å²) >= 11 is 6.47. The molecule has 0 aliphatic rings. The molecule has 0 spiro atoms. The van der Waals surface area contributed by atoms with Crippen LogP contribution in [0.1, 0.15) is 31.1 Å². The highest BCUT2D eigenvalue weighted by molar-refractivity contribution is 9.11. The zero-order chi connectivity index (χ0) is 17.0. The molecule has 0 aromatic heterocycles. The molecule has 0 heterocycles. The fourth-order valence-electron chi connectivity index (χ4n) is 1.58. The van der Waals surface area contributed by atoms with E-state index in [2.05, 4.69) is 31.9 Å². The number of hydrogen-bond donors (Lipinski definition) is 2. The van der Waals surface area contributed by atoms with E-state index in [1.807, 2.05) is 13.8 Å². The Morgan fingerprint density at radius 1 is 1.23 bits per heavy atom. The van der Waals surface area contributed by atoms with Gasteiger partial charge in [0.15, 0.2) is 0 Å². The van der Waals surface area contributed by atoms with Crippen molar-refractivity contribution in [3.8, 4) is 0 Å². The third-order valence-electron chi connectivity index (χ3n) is 3.29. The van der Waals surface area contributed by atoms with Crippen LogP contribution in [0.4, 0.5) is 0 Å². The topological polar surface area (TPSA) is 77.8 Å². The quantitative estimate of drug-likeness (QED) is 0.231. The second kappa shape index (κ2) is 7.89. The summed E-state index contributed by atoms with van der Waals surface area (Å²) in [5.74, 6) is -1.99. The molecule has 0 radical (unpaired) electrons. The first-order chi connectivity index (χ1) is 10.1. The van der Waals surface area contributed by atoms with Crippen LogP contribution in [0.15, 0.2) is 38.9 Å². The molecule has 0 aliphatic carbocycles. The second-order valence-corrected chi connectivity index (χ2v) is 6.94. The Bertz CT molecular complexity index is 614. The summed E-state index contributed by atoms with van der Waals surface area (Å²) in [4.78, 5) is 23.8. The molecule has 120 valence electrons. The van der Waals surface area contributed by atoms with Crippen molar-refractivity contribution in [2.24, 2.45) is 5.92 Å². The number of carbonyl (C=O) groups is 2. The van der Waals surface area contributed by atoms with Crippen molar-refractivity contribution >= 4 is 43.6 Å². The van der Waals surface area contributed by atoms with Crippen molar-refractivity contribution in [3.63, 3.8) is 0 Å². The molecule has 1 atom stereocenters. The minimum absolute atomic E-state index is 0.0870. The van der Waals surface area contributed by atoms with E-state index in [1.165, 1.54) is 6.07 Å². The number of nitrogens with zero attached hydrogens (tertiary/aromatic N) is 1. The van der Waals surface area contributed by atoms with Gasteiger partial charge in [0.25, 0.3) is 0 Å². The number of carboxylic acid groups (broad SMARTS) is 1. The van der Waals surface area contributed by atoms with E-state index in [1.54, 1.807) is 19.1 Å². The molecule has 5 nitrogen and oxygen atoms in total. The Balaban J connectivity index is 3.23. The van der Waals surface area contributed by atoms with Gasteiger partial charge in [-0.25, -0.2) is 4.79 Å². The Labute approximate surface area is 145 Å². The molecular formula is C15H17Br2NO4. The Hall–Kier alpha value is -1.18. The number of rotatable bonds is 6. The number of hydroxylamine groups is 2. The fraction of sp³-hybridized carbons (Fsp3) is 0.333. The number of halogens is 2. The van der Waals surface area contributed by atoms with Crippen LogP contribution in [0.25, 0.3) is 0 Å². The molecular weight excluding hydrogens is 418 g/mol. The summed E-state index contributed by atoms with van der Waals surface area (Å²) in [7, 11) is 0. The molecule has 1 aromatic carbocycles. The lowest BCUT2D eigenvalue weighted by atomic mass is 10.0. The van der Waals surface area contributed by atoms with Crippen LogP contribution in [-0.2, 0) is 4.79 Å². The van der Waals surface area contributed by atoms with E-state index in [-0.39, 0.29) is 17.5 Å². The van der Waals surface area contributed by atoms with Crippen LogP contribution in [0.2, 0.25) is 0 Å². The highest BCUT2D eigenvalue weighted by atomic mass is 79.9. The maximum absolute atomic E-state index is 12.4.